The van der Waals surface area contributed by atoms with Crippen LogP contribution in [-0.4, -0.2) is 23.0 Å². The summed E-state index contributed by atoms with van der Waals surface area (Å²) in [5.41, 5.74) is 4.80. The van der Waals surface area contributed by atoms with Gasteiger partial charge in [0.05, 0.1) is 7.11 Å². The summed E-state index contributed by atoms with van der Waals surface area (Å²) in [5.74, 6) is 0.747. The zero-order valence-electron chi connectivity index (χ0n) is 15.8. The van der Waals surface area contributed by atoms with Gasteiger partial charge in [-0.1, -0.05) is 12.1 Å². The van der Waals surface area contributed by atoms with Gasteiger partial charge in [0.15, 0.2) is 0 Å². The van der Waals surface area contributed by atoms with E-state index in [4.69, 9.17) is 4.74 Å². The van der Waals surface area contributed by atoms with Crippen molar-refractivity contribution in [3.63, 3.8) is 0 Å². The second-order valence-electron chi connectivity index (χ2n) is 6.41. The largest absolute Gasteiger partial charge is 0.497 e. The molecule has 0 aliphatic carbocycles. The Morgan fingerprint density at radius 1 is 0.926 bits per heavy atom. The molecule has 0 saturated carbocycles. The number of amides is 1. The van der Waals surface area contributed by atoms with E-state index in [0.29, 0.717) is 23.1 Å². The number of hydrogen-bond donors (Lipinski definition) is 2. The Bertz CT molecular complexity index is 965. The van der Waals surface area contributed by atoms with E-state index in [2.05, 4.69) is 26.7 Å². The van der Waals surface area contributed by atoms with E-state index in [1.165, 1.54) is 0 Å². The average molecular weight is 362 g/mol. The van der Waals surface area contributed by atoms with Gasteiger partial charge >= 0.3 is 0 Å². The van der Waals surface area contributed by atoms with Gasteiger partial charge < -0.3 is 15.4 Å². The number of carbonyl (C=O) groups excluding carboxylic acids is 1. The van der Waals surface area contributed by atoms with Crippen LogP contribution in [0, 0.1) is 20.8 Å². The Labute approximate surface area is 158 Å². The quantitative estimate of drug-likeness (QED) is 0.703. The first-order chi connectivity index (χ1) is 12.9. The standard InChI is InChI=1S/C21H22N4O2/c1-13-8-14(2)10-17(9-13)24-21-22-15(3)11-19(25-21)20(26)23-16-6-5-7-18(12-16)27-4/h5-12H,1-4H3,(H,23,26)(H,22,24,25). The first kappa shape index (κ1) is 18.4. The third kappa shape index (κ3) is 4.82. The fourth-order valence-electron chi connectivity index (χ4n) is 2.81. The topological polar surface area (TPSA) is 76.1 Å². The molecule has 2 N–H and O–H groups in total. The van der Waals surface area contributed by atoms with Crippen molar-refractivity contribution in [2.45, 2.75) is 20.8 Å². The van der Waals surface area contributed by atoms with Crippen LogP contribution in [0.15, 0.2) is 48.5 Å². The third-order valence-corrected chi connectivity index (χ3v) is 3.89. The van der Waals surface area contributed by atoms with E-state index in [-0.39, 0.29) is 11.6 Å². The molecular weight excluding hydrogens is 340 g/mol. The Morgan fingerprint density at radius 3 is 2.37 bits per heavy atom. The molecule has 1 amide bonds. The van der Waals surface area contributed by atoms with Crippen LogP contribution in [-0.2, 0) is 0 Å². The van der Waals surface area contributed by atoms with Gasteiger partial charge in [0, 0.05) is 23.1 Å². The van der Waals surface area contributed by atoms with Crippen molar-refractivity contribution < 1.29 is 9.53 Å². The Hall–Kier alpha value is -3.41. The number of methoxy groups -OCH3 is 1. The molecule has 6 nitrogen and oxygen atoms in total. The van der Waals surface area contributed by atoms with Gasteiger partial charge in [-0.25, -0.2) is 9.97 Å². The Balaban J connectivity index is 1.82. The number of carbonyl (C=O) groups is 1. The molecule has 2 aromatic carbocycles. The van der Waals surface area contributed by atoms with Crippen molar-refractivity contribution in [3.05, 3.63) is 71.0 Å². The lowest BCUT2D eigenvalue weighted by Crippen LogP contribution is -2.15. The van der Waals surface area contributed by atoms with Crippen molar-refractivity contribution in [3.8, 4) is 5.75 Å². The maximum absolute atomic E-state index is 12.6. The van der Waals surface area contributed by atoms with Gasteiger partial charge in [-0.3, -0.25) is 4.79 Å². The van der Waals surface area contributed by atoms with E-state index < -0.39 is 0 Å². The van der Waals surface area contributed by atoms with E-state index >= 15 is 0 Å². The zero-order chi connectivity index (χ0) is 19.4. The van der Waals surface area contributed by atoms with Crippen LogP contribution in [0.25, 0.3) is 0 Å². The number of aromatic nitrogens is 2. The first-order valence-corrected chi connectivity index (χ1v) is 8.59. The zero-order valence-corrected chi connectivity index (χ0v) is 15.8. The number of aryl methyl sites for hydroxylation is 3. The number of hydrogen-bond acceptors (Lipinski definition) is 5. The molecule has 0 atom stereocenters. The van der Waals surface area contributed by atoms with Gasteiger partial charge in [-0.15, -0.1) is 0 Å². The molecule has 3 aromatic rings. The second kappa shape index (κ2) is 7.86. The summed E-state index contributed by atoms with van der Waals surface area (Å²) in [7, 11) is 1.58. The van der Waals surface area contributed by atoms with Gasteiger partial charge in [0.2, 0.25) is 5.95 Å². The van der Waals surface area contributed by atoms with Crippen LogP contribution in [0.1, 0.15) is 27.3 Å². The summed E-state index contributed by atoms with van der Waals surface area (Å²) >= 11 is 0. The summed E-state index contributed by atoms with van der Waals surface area (Å²) in [6.07, 6.45) is 0. The van der Waals surface area contributed by atoms with Crippen LogP contribution >= 0.6 is 0 Å². The monoisotopic (exact) mass is 362 g/mol. The minimum absolute atomic E-state index is 0.289. The Kier molecular flexibility index (Phi) is 5.35. The molecule has 0 aliphatic heterocycles. The maximum Gasteiger partial charge on any atom is 0.274 e. The highest BCUT2D eigenvalue weighted by Crippen LogP contribution is 2.20. The molecule has 3 rings (SSSR count). The van der Waals surface area contributed by atoms with Crippen molar-refractivity contribution in [1.82, 2.24) is 9.97 Å². The van der Waals surface area contributed by atoms with Gasteiger partial charge in [-0.05, 0) is 62.2 Å². The molecule has 6 heteroatoms. The Morgan fingerprint density at radius 2 is 1.67 bits per heavy atom. The molecule has 0 spiro atoms. The van der Waals surface area contributed by atoms with E-state index in [0.717, 1.165) is 16.8 Å². The second-order valence-corrected chi connectivity index (χ2v) is 6.41. The molecule has 27 heavy (non-hydrogen) atoms. The lowest BCUT2D eigenvalue weighted by atomic mass is 10.1. The van der Waals surface area contributed by atoms with E-state index in [1.54, 1.807) is 25.3 Å². The maximum atomic E-state index is 12.6. The summed E-state index contributed by atoms with van der Waals surface area (Å²) in [4.78, 5) is 21.4. The number of nitrogens with one attached hydrogen (secondary N) is 2. The predicted molar refractivity (Wildman–Crippen MR) is 107 cm³/mol. The summed E-state index contributed by atoms with van der Waals surface area (Å²) in [6.45, 7) is 5.89. The van der Waals surface area contributed by atoms with Crippen molar-refractivity contribution in [2.24, 2.45) is 0 Å². The SMILES string of the molecule is COc1cccc(NC(=O)c2cc(C)nc(Nc3cc(C)cc(C)c3)n2)c1. The summed E-state index contributed by atoms with van der Waals surface area (Å²) < 4.78 is 5.18. The number of benzene rings is 2. The van der Waals surface area contributed by atoms with Gasteiger partial charge in [-0.2, -0.15) is 0 Å². The molecule has 138 valence electrons. The first-order valence-electron chi connectivity index (χ1n) is 8.59. The average Bonchev–Trinajstić information content (AvgIpc) is 2.60. The highest BCUT2D eigenvalue weighted by atomic mass is 16.5. The number of ether oxygens (including phenoxy) is 1. The van der Waals surface area contributed by atoms with Gasteiger partial charge in [0.25, 0.3) is 5.91 Å². The lowest BCUT2D eigenvalue weighted by molar-refractivity contribution is 0.102. The minimum Gasteiger partial charge on any atom is -0.497 e. The van der Waals surface area contributed by atoms with E-state index in [1.807, 2.05) is 45.0 Å². The van der Waals surface area contributed by atoms with Crippen LogP contribution in [0.5, 0.6) is 5.75 Å². The summed E-state index contributed by atoms with van der Waals surface area (Å²) in [5, 5.41) is 6.01. The van der Waals surface area contributed by atoms with Crippen LogP contribution in [0.2, 0.25) is 0 Å². The molecule has 0 bridgehead atoms. The fraction of sp³-hybridized carbons (Fsp3) is 0.190. The molecule has 0 unspecified atom stereocenters. The minimum atomic E-state index is -0.308. The smallest absolute Gasteiger partial charge is 0.274 e. The molecule has 1 heterocycles. The van der Waals surface area contributed by atoms with Crippen molar-refractivity contribution in [1.29, 1.82) is 0 Å². The number of nitrogens with zero attached hydrogens (tertiary/aromatic N) is 2. The normalized spacial score (nSPS) is 10.4. The number of anilines is 3. The van der Waals surface area contributed by atoms with Crippen LogP contribution < -0.4 is 15.4 Å². The third-order valence-electron chi connectivity index (χ3n) is 3.89. The van der Waals surface area contributed by atoms with Gasteiger partial charge in [0.1, 0.15) is 11.4 Å². The molecule has 0 fully saturated rings. The molecule has 0 saturated heterocycles. The van der Waals surface area contributed by atoms with Crippen LogP contribution in [0.4, 0.5) is 17.3 Å². The lowest BCUT2D eigenvalue weighted by Gasteiger charge is -2.10. The van der Waals surface area contributed by atoms with Crippen LogP contribution in [0.3, 0.4) is 0 Å². The van der Waals surface area contributed by atoms with E-state index in [9.17, 15) is 4.79 Å². The van der Waals surface area contributed by atoms with Crippen molar-refractivity contribution in [2.75, 3.05) is 17.7 Å². The fourth-order valence-corrected chi connectivity index (χ4v) is 2.81. The molecule has 1 aromatic heterocycles. The molecular formula is C21H22N4O2. The van der Waals surface area contributed by atoms with Crippen molar-refractivity contribution >= 4 is 23.2 Å². The predicted octanol–water partition coefficient (Wildman–Crippen LogP) is 4.41. The molecule has 0 aliphatic rings. The summed E-state index contributed by atoms with van der Waals surface area (Å²) in [6, 6.07) is 14.9. The molecule has 0 radical (unpaired) electrons. The highest BCUT2D eigenvalue weighted by molar-refractivity contribution is 6.03. The highest BCUT2D eigenvalue weighted by Gasteiger charge is 2.12. The number of rotatable bonds is 5.